The normalized spacial score (nSPS) is 14.1. The van der Waals surface area contributed by atoms with Crippen LogP contribution in [0.1, 0.15) is 5.56 Å². The largest absolute Gasteiger partial charge is 0.468 e. The van der Waals surface area contributed by atoms with Crippen LogP contribution in [-0.4, -0.2) is 30.5 Å². The van der Waals surface area contributed by atoms with Crippen LogP contribution in [-0.2, 0) is 20.7 Å². The van der Waals surface area contributed by atoms with Crippen LogP contribution >= 0.6 is 0 Å². The lowest BCUT2D eigenvalue weighted by Gasteiger charge is -2.29. The maximum Gasteiger partial charge on any atom is 0.327 e. The highest BCUT2D eigenvalue weighted by Crippen LogP contribution is 2.21. The first kappa shape index (κ1) is 10.5. The van der Waals surface area contributed by atoms with Crippen LogP contribution in [0.2, 0.25) is 0 Å². The van der Waals surface area contributed by atoms with Crippen LogP contribution in [0.15, 0.2) is 24.3 Å². The molecule has 0 aromatic heterocycles. The summed E-state index contributed by atoms with van der Waals surface area (Å²) in [5.74, 6) is -0.579. The summed E-state index contributed by atoms with van der Waals surface area (Å²) in [4.78, 5) is 22.7. The Hall–Kier alpha value is -2.04. The molecule has 0 atom stereocenters. The van der Waals surface area contributed by atoms with Gasteiger partial charge in [0.15, 0.2) is 0 Å². The fourth-order valence-corrected chi connectivity index (χ4v) is 1.57. The molecule has 1 heterocycles. The number of methoxy groups -OCH3 is 1. The molecular formula is C11H12N2O3. The van der Waals surface area contributed by atoms with Gasteiger partial charge in [0.05, 0.1) is 19.2 Å². The maximum absolute atomic E-state index is 11.7. The Morgan fingerprint density at radius 1 is 1.50 bits per heavy atom. The molecule has 0 bridgehead atoms. The highest BCUT2D eigenvalue weighted by Gasteiger charge is 2.24. The van der Waals surface area contributed by atoms with Gasteiger partial charge in [-0.05, 0) is 11.6 Å². The molecule has 1 aliphatic heterocycles. The van der Waals surface area contributed by atoms with E-state index in [1.807, 2.05) is 24.3 Å². The molecule has 1 aromatic rings. The monoisotopic (exact) mass is 220 g/mol. The zero-order valence-electron chi connectivity index (χ0n) is 8.90. The summed E-state index contributed by atoms with van der Waals surface area (Å²) in [5.41, 5.74) is 4.69. The minimum Gasteiger partial charge on any atom is -0.468 e. The summed E-state index contributed by atoms with van der Waals surface area (Å²) < 4.78 is 4.52. The number of ether oxygens (including phenoxy) is 1. The van der Waals surface area contributed by atoms with Gasteiger partial charge in [0.2, 0.25) is 5.91 Å². The van der Waals surface area contributed by atoms with E-state index in [0.717, 1.165) is 11.3 Å². The number of hydrogen-bond acceptors (Lipinski definition) is 4. The van der Waals surface area contributed by atoms with Gasteiger partial charge >= 0.3 is 5.97 Å². The van der Waals surface area contributed by atoms with Crippen molar-refractivity contribution in [3.8, 4) is 0 Å². The molecule has 1 aromatic carbocycles. The quantitative estimate of drug-likeness (QED) is 0.740. The SMILES string of the molecule is COC(=O)CN1Nc2ccccc2CC1=O. The lowest BCUT2D eigenvalue weighted by Crippen LogP contribution is -2.44. The number of carbonyl (C=O) groups excluding carboxylic acids is 2. The Morgan fingerprint density at radius 3 is 3.00 bits per heavy atom. The van der Waals surface area contributed by atoms with Crippen molar-refractivity contribution in [3.63, 3.8) is 0 Å². The molecule has 0 saturated heterocycles. The van der Waals surface area contributed by atoms with E-state index in [9.17, 15) is 9.59 Å². The Morgan fingerprint density at radius 2 is 2.25 bits per heavy atom. The number of carbonyl (C=O) groups is 2. The van der Waals surface area contributed by atoms with Gasteiger partial charge in [-0.2, -0.15) is 0 Å². The minimum atomic E-state index is -0.444. The van der Waals surface area contributed by atoms with Gasteiger partial charge in [-0.25, -0.2) is 5.01 Å². The molecule has 0 fully saturated rings. The van der Waals surface area contributed by atoms with Crippen molar-refractivity contribution in [2.45, 2.75) is 6.42 Å². The average molecular weight is 220 g/mol. The number of nitrogens with one attached hydrogen (secondary N) is 1. The van der Waals surface area contributed by atoms with Crippen LogP contribution in [0.5, 0.6) is 0 Å². The molecule has 0 spiro atoms. The summed E-state index contributed by atoms with van der Waals surface area (Å²) >= 11 is 0. The lowest BCUT2D eigenvalue weighted by molar-refractivity contribution is -0.146. The molecule has 1 amide bonds. The summed E-state index contributed by atoms with van der Waals surface area (Å²) in [7, 11) is 1.30. The second-order valence-corrected chi connectivity index (χ2v) is 3.50. The van der Waals surface area contributed by atoms with E-state index in [1.54, 1.807) is 0 Å². The van der Waals surface area contributed by atoms with Gasteiger partial charge in [0, 0.05) is 0 Å². The van der Waals surface area contributed by atoms with Crippen molar-refractivity contribution in [2.75, 3.05) is 19.1 Å². The van der Waals surface area contributed by atoms with Gasteiger partial charge in [0.1, 0.15) is 6.54 Å². The number of esters is 1. The molecule has 1 N–H and O–H groups in total. The second-order valence-electron chi connectivity index (χ2n) is 3.50. The fourth-order valence-electron chi connectivity index (χ4n) is 1.57. The number of nitrogens with zero attached hydrogens (tertiary/aromatic N) is 1. The molecular weight excluding hydrogens is 208 g/mol. The number of para-hydroxylation sites is 1. The van der Waals surface area contributed by atoms with E-state index < -0.39 is 5.97 Å². The third-order valence-electron chi connectivity index (χ3n) is 2.43. The van der Waals surface area contributed by atoms with Crippen LogP contribution < -0.4 is 5.43 Å². The first-order chi connectivity index (χ1) is 7.70. The average Bonchev–Trinajstić information content (AvgIpc) is 2.30. The molecule has 5 nitrogen and oxygen atoms in total. The van der Waals surface area contributed by atoms with E-state index >= 15 is 0 Å². The van der Waals surface area contributed by atoms with Crippen molar-refractivity contribution >= 4 is 17.6 Å². The number of fused-ring (bicyclic) bond motifs is 1. The van der Waals surface area contributed by atoms with Crippen LogP contribution in [0.3, 0.4) is 0 Å². The van der Waals surface area contributed by atoms with E-state index in [2.05, 4.69) is 10.2 Å². The molecule has 2 rings (SSSR count). The molecule has 16 heavy (non-hydrogen) atoms. The first-order valence-electron chi connectivity index (χ1n) is 4.92. The van der Waals surface area contributed by atoms with Crippen LogP contribution in [0, 0.1) is 0 Å². The lowest BCUT2D eigenvalue weighted by atomic mass is 10.1. The van der Waals surface area contributed by atoms with Crippen molar-refractivity contribution in [1.29, 1.82) is 0 Å². The summed E-state index contributed by atoms with van der Waals surface area (Å²) in [6.07, 6.45) is 0.306. The molecule has 0 saturated carbocycles. The molecule has 0 aliphatic carbocycles. The molecule has 84 valence electrons. The third-order valence-corrected chi connectivity index (χ3v) is 2.43. The topological polar surface area (TPSA) is 58.6 Å². The Bertz CT molecular complexity index is 431. The first-order valence-corrected chi connectivity index (χ1v) is 4.92. The Kier molecular flexibility index (Phi) is 2.76. The highest BCUT2D eigenvalue weighted by molar-refractivity contribution is 5.88. The predicted molar refractivity (Wildman–Crippen MR) is 57.5 cm³/mol. The molecule has 5 heteroatoms. The van der Waals surface area contributed by atoms with E-state index in [1.165, 1.54) is 12.1 Å². The molecule has 1 aliphatic rings. The zero-order valence-corrected chi connectivity index (χ0v) is 8.90. The van der Waals surface area contributed by atoms with E-state index in [4.69, 9.17) is 0 Å². The third kappa shape index (κ3) is 1.98. The van der Waals surface area contributed by atoms with Crippen molar-refractivity contribution < 1.29 is 14.3 Å². The fraction of sp³-hybridized carbons (Fsp3) is 0.273. The summed E-state index contributed by atoms with van der Waals surface area (Å²) in [5, 5.41) is 1.27. The standard InChI is InChI=1S/C11H12N2O3/c1-16-11(15)7-13-10(14)6-8-4-2-3-5-9(8)12-13/h2-5,12H,6-7H2,1H3. The summed E-state index contributed by atoms with van der Waals surface area (Å²) in [6, 6.07) is 7.50. The van der Waals surface area contributed by atoms with E-state index in [-0.39, 0.29) is 12.5 Å². The zero-order chi connectivity index (χ0) is 11.5. The Labute approximate surface area is 93.0 Å². The summed E-state index contributed by atoms with van der Waals surface area (Å²) in [6.45, 7) is -0.0797. The van der Waals surface area contributed by atoms with Gasteiger partial charge in [-0.3, -0.25) is 15.0 Å². The number of benzene rings is 1. The minimum absolute atomic E-state index is 0.0797. The predicted octanol–water partition coefficient (Wildman–Crippen LogP) is 0.571. The number of hydrogen-bond donors (Lipinski definition) is 1. The van der Waals surface area contributed by atoms with Crippen LogP contribution in [0.4, 0.5) is 5.69 Å². The van der Waals surface area contributed by atoms with Crippen molar-refractivity contribution in [1.82, 2.24) is 5.01 Å². The van der Waals surface area contributed by atoms with Gasteiger partial charge in [0.25, 0.3) is 0 Å². The maximum atomic E-state index is 11.7. The van der Waals surface area contributed by atoms with Crippen molar-refractivity contribution in [2.24, 2.45) is 0 Å². The number of anilines is 1. The van der Waals surface area contributed by atoms with E-state index in [0.29, 0.717) is 6.42 Å². The van der Waals surface area contributed by atoms with Gasteiger partial charge in [-0.15, -0.1) is 0 Å². The second kappa shape index (κ2) is 4.22. The number of amides is 1. The number of hydrazine groups is 1. The molecule has 0 radical (unpaired) electrons. The van der Waals surface area contributed by atoms with Gasteiger partial charge in [-0.1, -0.05) is 18.2 Å². The van der Waals surface area contributed by atoms with Crippen LogP contribution in [0.25, 0.3) is 0 Å². The highest BCUT2D eigenvalue weighted by atomic mass is 16.5. The van der Waals surface area contributed by atoms with Crippen molar-refractivity contribution in [3.05, 3.63) is 29.8 Å². The van der Waals surface area contributed by atoms with Gasteiger partial charge < -0.3 is 4.74 Å². The Balaban J connectivity index is 2.15. The smallest absolute Gasteiger partial charge is 0.327 e. The molecule has 0 unspecified atom stereocenters. The number of rotatable bonds is 2.